The Labute approximate surface area is 109 Å². The number of hydrogen-bond donors (Lipinski definition) is 1. The van der Waals surface area contributed by atoms with E-state index in [1.165, 1.54) is 0 Å². The van der Waals surface area contributed by atoms with E-state index >= 15 is 0 Å². The maximum Gasteiger partial charge on any atom is 0.223 e. The van der Waals surface area contributed by atoms with Crippen LogP contribution in [-0.2, 0) is 11.3 Å². The Hall–Kier alpha value is -1.36. The second-order valence-corrected chi connectivity index (χ2v) is 4.91. The first-order chi connectivity index (χ1) is 8.41. The first-order valence-electron chi connectivity index (χ1n) is 6.31. The van der Waals surface area contributed by atoms with Crippen LogP contribution in [0.4, 0.5) is 0 Å². The summed E-state index contributed by atoms with van der Waals surface area (Å²) in [6.45, 7) is 9.17. The van der Waals surface area contributed by atoms with Crippen LogP contribution in [0.3, 0.4) is 0 Å². The van der Waals surface area contributed by atoms with Gasteiger partial charge in [0.05, 0.1) is 12.2 Å². The molecule has 0 spiro atoms. The van der Waals surface area contributed by atoms with Crippen molar-refractivity contribution in [3.8, 4) is 0 Å². The summed E-state index contributed by atoms with van der Waals surface area (Å²) < 4.78 is 5.09. The van der Waals surface area contributed by atoms with Crippen molar-refractivity contribution in [2.45, 2.75) is 46.7 Å². The third kappa shape index (κ3) is 4.14. The molecular weight excluding hydrogens is 230 g/mol. The fraction of sp³-hybridized carbons (Fsp3) is 0.692. The summed E-state index contributed by atoms with van der Waals surface area (Å²) in [4.78, 5) is 13.6. The Balaban J connectivity index is 2.45. The third-order valence-electron chi connectivity index (χ3n) is 2.89. The van der Waals surface area contributed by atoms with Crippen LogP contribution in [0.25, 0.3) is 0 Å². The van der Waals surface area contributed by atoms with E-state index in [0.29, 0.717) is 25.6 Å². The van der Waals surface area contributed by atoms with Gasteiger partial charge >= 0.3 is 0 Å². The van der Waals surface area contributed by atoms with Crippen molar-refractivity contribution >= 4 is 5.91 Å². The van der Waals surface area contributed by atoms with Gasteiger partial charge in [-0.2, -0.15) is 0 Å². The number of carbonyl (C=O) groups is 1. The van der Waals surface area contributed by atoms with Crippen LogP contribution in [0.15, 0.2) is 4.52 Å². The number of amides is 1. The van der Waals surface area contributed by atoms with Gasteiger partial charge in [0.2, 0.25) is 5.91 Å². The Morgan fingerprint density at radius 1 is 1.44 bits per heavy atom. The minimum Gasteiger partial charge on any atom is -0.361 e. The van der Waals surface area contributed by atoms with Crippen LogP contribution >= 0.6 is 0 Å². The molecule has 18 heavy (non-hydrogen) atoms. The predicted molar refractivity (Wildman–Crippen MR) is 70.2 cm³/mol. The van der Waals surface area contributed by atoms with Gasteiger partial charge < -0.3 is 14.7 Å². The van der Waals surface area contributed by atoms with Crippen molar-refractivity contribution in [3.05, 3.63) is 17.0 Å². The average Bonchev–Trinajstić information content (AvgIpc) is 2.60. The van der Waals surface area contributed by atoms with Crippen molar-refractivity contribution < 1.29 is 9.32 Å². The lowest BCUT2D eigenvalue weighted by Crippen LogP contribution is -2.31. The van der Waals surface area contributed by atoms with Crippen LogP contribution in [0.2, 0.25) is 0 Å². The summed E-state index contributed by atoms with van der Waals surface area (Å²) in [5, 5.41) is 7.12. The molecule has 0 aliphatic carbocycles. The van der Waals surface area contributed by atoms with E-state index in [1.807, 2.05) is 20.9 Å². The van der Waals surface area contributed by atoms with Crippen LogP contribution < -0.4 is 5.32 Å². The molecule has 1 rings (SSSR count). The number of aromatic nitrogens is 1. The van der Waals surface area contributed by atoms with E-state index in [2.05, 4.69) is 24.3 Å². The molecule has 0 saturated carbocycles. The van der Waals surface area contributed by atoms with Crippen molar-refractivity contribution in [1.82, 2.24) is 15.4 Å². The number of rotatable bonds is 6. The number of nitrogens with one attached hydrogen (secondary N) is 1. The topological polar surface area (TPSA) is 58.4 Å². The maximum absolute atomic E-state index is 11.9. The predicted octanol–water partition coefficient (Wildman–Crippen LogP) is 1.64. The molecule has 1 aromatic heterocycles. The number of aryl methyl sites for hydroxylation is 2. The van der Waals surface area contributed by atoms with Crippen LogP contribution in [0, 0.1) is 13.8 Å². The minimum atomic E-state index is 0.128. The molecule has 0 atom stereocenters. The van der Waals surface area contributed by atoms with E-state index in [1.54, 1.807) is 4.90 Å². The molecule has 0 aliphatic rings. The van der Waals surface area contributed by atoms with Crippen LogP contribution in [0.5, 0.6) is 0 Å². The second kappa shape index (κ2) is 6.54. The lowest BCUT2D eigenvalue weighted by atomic mass is 10.2. The first-order valence-corrected chi connectivity index (χ1v) is 6.31. The molecule has 0 aliphatic heterocycles. The fourth-order valence-electron chi connectivity index (χ4n) is 1.71. The normalized spacial score (nSPS) is 11.0. The fourth-order valence-corrected chi connectivity index (χ4v) is 1.71. The molecule has 5 heteroatoms. The summed E-state index contributed by atoms with van der Waals surface area (Å²) >= 11 is 0. The van der Waals surface area contributed by atoms with Gasteiger partial charge in [0.1, 0.15) is 5.76 Å². The molecule has 0 aromatic carbocycles. The largest absolute Gasteiger partial charge is 0.361 e. The van der Waals surface area contributed by atoms with Gasteiger partial charge in [-0.15, -0.1) is 0 Å². The zero-order valence-electron chi connectivity index (χ0n) is 11.9. The Morgan fingerprint density at radius 2 is 2.11 bits per heavy atom. The van der Waals surface area contributed by atoms with Gasteiger partial charge in [-0.05, 0) is 13.8 Å². The van der Waals surface area contributed by atoms with E-state index in [-0.39, 0.29) is 5.91 Å². The molecule has 1 amide bonds. The molecule has 1 heterocycles. The van der Waals surface area contributed by atoms with Gasteiger partial charge in [0, 0.05) is 31.6 Å². The lowest BCUT2D eigenvalue weighted by molar-refractivity contribution is -0.130. The van der Waals surface area contributed by atoms with E-state index in [0.717, 1.165) is 17.0 Å². The van der Waals surface area contributed by atoms with Gasteiger partial charge in [0.25, 0.3) is 0 Å². The average molecular weight is 253 g/mol. The SMILES string of the molecule is Cc1noc(C)c1CN(C)C(=O)CCNC(C)C. The highest BCUT2D eigenvalue weighted by molar-refractivity contribution is 5.76. The molecular formula is C13H23N3O2. The molecule has 0 unspecified atom stereocenters. The number of carbonyl (C=O) groups excluding carboxylic acids is 1. The van der Waals surface area contributed by atoms with Crippen molar-refractivity contribution in [2.24, 2.45) is 0 Å². The van der Waals surface area contributed by atoms with Crippen molar-refractivity contribution in [1.29, 1.82) is 0 Å². The van der Waals surface area contributed by atoms with Crippen LogP contribution in [0.1, 0.15) is 37.3 Å². The molecule has 1 N–H and O–H groups in total. The Bertz CT molecular complexity index is 379. The summed E-state index contributed by atoms with van der Waals surface area (Å²) in [7, 11) is 1.81. The smallest absolute Gasteiger partial charge is 0.223 e. The summed E-state index contributed by atoms with van der Waals surface area (Å²) in [5.74, 6) is 0.913. The zero-order chi connectivity index (χ0) is 13.7. The second-order valence-electron chi connectivity index (χ2n) is 4.91. The maximum atomic E-state index is 11.9. The molecule has 102 valence electrons. The quantitative estimate of drug-likeness (QED) is 0.837. The standard InChI is InChI=1S/C13H23N3O2/c1-9(2)14-7-6-13(17)16(5)8-12-10(3)15-18-11(12)4/h9,14H,6-8H2,1-5H3. The zero-order valence-corrected chi connectivity index (χ0v) is 11.9. The summed E-state index contributed by atoms with van der Waals surface area (Å²) in [5.41, 5.74) is 1.86. The third-order valence-corrected chi connectivity index (χ3v) is 2.89. The van der Waals surface area contributed by atoms with E-state index in [9.17, 15) is 4.79 Å². The number of hydrogen-bond acceptors (Lipinski definition) is 4. The van der Waals surface area contributed by atoms with Gasteiger partial charge in [-0.3, -0.25) is 4.79 Å². The molecule has 0 saturated heterocycles. The first kappa shape index (κ1) is 14.7. The van der Waals surface area contributed by atoms with Crippen molar-refractivity contribution in [2.75, 3.05) is 13.6 Å². The van der Waals surface area contributed by atoms with E-state index in [4.69, 9.17) is 4.52 Å². The summed E-state index contributed by atoms with van der Waals surface area (Å²) in [6, 6.07) is 0.408. The summed E-state index contributed by atoms with van der Waals surface area (Å²) in [6.07, 6.45) is 0.512. The highest BCUT2D eigenvalue weighted by atomic mass is 16.5. The highest BCUT2D eigenvalue weighted by Gasteiger charge is 2.15. The Kier molecular flexibility index (Phi) is 5.34. The molecule has 5 nitrogen and oxygen atoms in total. The monoisotopic (exact) mass is 253 g/mol. The van der Waals surface area contributed by atoms with Crippen LogP contribution in [-0.4, -0.2) is 35.6 Å². The lowest BCUT2D eigenvalue weighted by Gasteiger charge is -2.17. The van der Waals surface area contributed by atoms with Gasteiger partial charge in [-0.25, -0.2) is 0 Å². The molecule has 0 fully saturated rings. The minimum absolute atomic E-state index is 0.128. The van der Waals surface area contributed by atoms with E-state index < -0.39 is 0 Å². The number of nitrogens with zero attached hydrogens (tertiary/aromatic N) is 2. The Morgan fingerprint density at radius 3 is 2.61 bits per heavy atom. The van der Waals surface area contributed by atoms with Crippen molar-refractivity contribution in [3.63, 3.8) is 0 Å². The molecule has 0 bridgehead atoms. The van der Waals surface area contributed by atoms with Gasteiger partial charge in [-0.1, -0.05) is 19.0 Å². The molecule has 1 aromatic rings. The van der Waals surface area contributed by atoms with Gasteiger partial charge in [0.15, 0.2) is 0 Å². The molecule has 0 radical (unpaired) electrons. The highest BCUT2D eigenvalue weighted by Crippen LogP contribution is 2.14.